The first-order valence-electron chi connectivity index (χ1n) is 10.8. The maximum atomic E-state index is 5.81. The predicted molar refractivity (Wildman–Crippen MR) is 134 cm³/mol. The molecule has 0 radical (unpaired) electrons. The molecule has 3 aromatic heterocycles. The van der Waals surface area contributed by atoms with Crippen molar-refractivity contribution in [2.45, 2.75) is 18.5 Å². The Bertz CT molecular complexity index is 1180. The summed E-state index contributed by atoms with van der Waals surface area (Å²) in [6.07, 6.45) is 4.97. The Balaban J connectivity index is 1.55. The average molecular weight is 463 g/mol. The van der Waals surface area contributed by atoms with Crippen LogP contribution in [-0.4, -0.2) is 56.6 Å². The number of nitrogens with zero attached hydrogens (tertiary/aromatic N) is 5. The standard InChI is InChI=1S/C24H26N6S2/c1-28(2)14-8-16-30-22(21(27-23(30)31)18-10-5-6-13-25-18)19-11-7-15-29(19)24-26-17-9-3-4-12-20(17)32-24/h3-7,9-13,15,21-22H,8,14,16H2,1-2H3,(H,27,31). The highest BCUT2D eigenvalue weighted by Crippen LogP contribution is 2.40. The number of hydrogen-bond acceptors (Lipinski definition) is 5. The van der Waals surface area contributed by atoms with Crippen LogP contribution in [0.3, 0.4) is 0 Å². The Morgan fingerprint density at radius 3 is 2.72 bits per heavy atom. The minimum atomic E-state index is -0.0221. The molecule has 2 unspecified atom stereocenters. The van der Waals surface area contributed by atoms with Crippen molar-refractivity contribution < 1.29 is 0 Å². The summed E-state index contributed by atoms with van der Waals surface area (Å²) in [6, 6.07) is 18.6. The van der Waals surface area contributed by atoms with E-state index in [1.165, 1.54) is 4.70 Å². The normalized spacial score (nSPS) is 18.6. The monoisotopic (exact) mass is 462 g/mol. The molecule has 1 aliphatic heterocycles. The molecular formula is C24H26N6S2. The fraction of sp³-hybridized carbons (Fsp3) is 0.292. The number of fused-ring (bicyclic) bond motifs is 1. The summed E-state index contributed by atoms with van der Waals surface area (Å²) in [5, 5.41) is 5.30. The van der Waals surface area contributed by atoms with Gasteiger partial charge in [-0.3, -0.25) is 9.55 Å². The molecule has 1 aliphatic rings. The van der Waals surface area contributed by atoms with Crippen molar-refractivity contribution in [2.75, 3.05) is 27.2 Å². The van der Waals surface area contributed by atoms with E-state index < -0.39 is 0 Å². The molecule has 2 atom stereocenters. The smallest absolute Gasteiger partial charge is 0.194 e. The molecular weight excluding hydrogens is 436 g/mol. The van der Waals surface area contributed by atoms with Crippen LogP contribution in [0, 0.1) is 0 Å². The summed E-state index contributed by atoms with van der Waals surface area (Å²) in [4.78, 5) is 14.1. The van der Waals surface area contributed by atoms with Crippen LogP contribution in [0.5, 0.6) is 0 Å². The molecule has 5 rings (SSSR count). The van der Waals surface area contributed by atoms with E-state index in [9.17, 15) is 0 Å². The largest absolute Gasteiger partial charge is 0.352 e. The molecule has 1 N–H and O–H groups in total. The van der Waals surface area contributed by atoms with Gasteiger partial charge in [-0.15, -0.1) is 0 Å². The molecule has 4 heterocycles. The summed E-state index contributed by atoms with van der Waals surface area (Å²) >= 11 is 7.52. The quantitative estimate of drug-likeness (QED) is 0.411. The molecule has 4 aromatic rings. The molecule has 6 nitrogen and oxygen atoms in total. The van der Waals surface area contributed by atoms with Crippen LogP contribution in [0.2, 0.25) is 0 Å². The average Bonchev–Trinajstić information content (AvgIpc) is 3.51. The fourth-order valence-corrected chi connectivity index (χ4v) is 5.60. The van der Waals surface area contributed by atoms with Crippen LogP contribution < -0.4 is 5.32 Å². The molecule has 0 amide bonds. The third-order valence-electron chi connectivity index (χ3n) is 5.77. The topological polar surface area (TPSA) is 49.2 Å². The third kappa shape index (κ3) is 4.01. The third-order valence-corrected chi connectivity index (χ3v) is 7.16. The van der Waals surface area contributed by atoms with E-state index in [1.807, 2.05) is 24.4 Å². The van der Waals surface area contributed by atoms with Gasteiger partial charge in [-0.2, -0.15) is 0 Å². The zero-order valence-corrected chi connectivity index (χ0v) is 19.8. The summed E-state index contributed by atoms with van der Waals surface area (Å²) in [7, 11) is 4.21. The number of rotatable bonds is 7. The van der Waals surface area contributed by atoms with Crippen molar-refractivity contribution in [3.8, 4) is 5.13 Å². The van der Waals surface area contributed by atoms with E-state index >= 15 is 0 Å². The lowest BCUT2D eigenvalue weighted by molar-refractivity contribution is 0.286. The highest BCUT2D eigenvalue weighted by molar-refractivity contribution is 7.80. The molecule has 0 saturated carbocycles. The minimum Gasteiger partial charge on any atom is -0.352 e. The van der Waals surface area contributed by atoms with Gasteiger partial charge in [-0.25, -0.2) is 4.98 Å². The maximum Gasteiger partial charge on any atom is 0.194 e. The Kier molecular flexibility index (Phi) is 5.91. The molecule has 0 spiro atoms. The van der Waals surface area contributed by atoms with Gasteiger partial charge in [0.15, 0.2) is 10.2 Å². The lowest BCUT2D eigenvalue weighted by atomic mass is 10.0. The summed E-state index contributed by atoms with van der Waals surface area (Å²) in [5.41, 5.74) is 3.18. The predicted octanol–water partition coefficient (Wildman–Crippen LogP) is 4.41. The Morgan fingerprint density at radius 2 is 1.94 bits per heavy atom. The van der Waals surface area contributed by atoms with E-state index in [0.717, 1.165) is 46.7 Å². The van der Waals surface area contributed by atoms with Gasteiger partial charge in [0.05, 0.1) is 33.7 Å². The van der Waals surface area contributed by atoms with Crippen molar-refractivity contribution in [3.63, 3.8) is 0 Å². The number of para-hydroxylation sites is 1. The summed E-state index contributed by atoms with van der Waals surface area (Å²) in [5.74, 6) is 0. The number of pyridine rings is 1. The van der Waals surface area contributed by atoms with Crippen molar-refractivity contribution in [2.24, 2.45) is 0 Å². The van der Waals surface area contributed by atoms with Crippen molar-refractivity contribution in [1.29, 1.82) is 0 Å². The number of benzene rings is 1. The van der Waals surface area contributed by atoms with Gasteiger partial charge < -0.3 is 15.1 Å². The number of thiocarbonyl (C=S) groups is 1. The maximum absolute atomic E-state index is 5.81. The second-order valence-electron chi connectivity index (χ2n) is 8.24. The summed E-state index contributed by atoms with van der Waals surface area (Å²) in [6.45, 7) is 1.89. The van der Waals surface area contributed by atoms with E-state index in [-0.39, 0.29) is 12.1 Å². The van der Waals surface area contributed by atoms with Gasteiger partial charge in [0.1, 0.15) is 0 Å². The number of aromatic nitrogens is 3. The van der Waals surface area contributed by atoms with Gasteiger partial charge in [-0.05, 0) is 75.7 Å². The van der Waals surface area contributed by atoms with E-state index in [2.05, 4.69) is 81.4 Å². The Hall–Kier alpha value is -2.81. The van der Waals surface area contributed by atoms with E-state index in [1.54, 1.807) is 11.3 Å². The molecule has 8 heteroatoms. The molecule has 0 bridgehead atoms. The van der Waals surface area contributed by atoms with Crippen LogP contribution in [0.4, 0.5) is 0 Å². The van der Waals surface area contributed by atoms with Crippen LogP contribution in [0.15, 0.2) is 67.0 Å². The SMILES string of the molecule is CN(C)CCCN1C(=S)NC(c2ccccn2)C1c1cccn1-c1nc2ccccc2s1. The Morgan fingerprint density at radius 1 is 1.09 bits per heavy atom. The highest BCUT2D eigenvalue weighted by atomic mass is 32.1. The molecule has 164 valence electrons. The second-order valence-corrected chi connectivity index (χ2v) is 9.64. The van der Waals surface area contributed by atoms with Gasteiger partial charge in [0, 0.05) is 18.9 Å². The van der Waals surface area contributed by atoms with Crippen LogP contribution in [-0.2, 0) is 0 Å². The van der Waals surface area contributed by atoms with E-state index in [4.69, 9.17) is 17.2 Å². The molecule has 1 saturated heterocycles. The first-order chi connectivity index (χ1) is 15.6. The highest BCUT2D eigenvalue weighted by Gasteiger charge is 2.41. The van der Waals surface area contributed by atoms with Crippen molar-refractivity contribution in [3.05, 3.63) is 78.4 Å². The second kappa shape index (κ2) is 8.97. The molecule has 1 aromatic carbocycles. The van der Waals surface area contributed by atoms with Crippen LogP contribution in [0.1, 0.15) is 29.9 Å². The summed E-state index contributed by atoms with van der Waals surface area (Å²) < 4.78 is 3.39. The van der Waals surface area contributed by atoms with Gasteiger partial charge in [0.25, 0.3) is 0 Å². The minimum absolute atomic E-state index is 0.0221. The number of hydrogen-bond donors (Lipinski definition) is 1. The first-order valence-corrected chi connectivity index (χ1v) is 12.0. The van der Waals surface area contributed by atoms with Crippen LogP contribution >= 0.6 is 23.6 Å². The lowest BCUT2D eigenvalue weighted by Gasteiger charge is -2.28. The van der Waals surface area contributed by atoms with Gasteiger partial charge in [0.2, 0.25) is 0 Å². The van der Waals surface area contributed by atoms with Gasteiger partial charge >= 0.3 is 0 Å². The number of nitrogens with one attached hydrogen (secondary N) is 1. The first kappa shape index (κ1) is 21.1. The lowest BCUT2D eigenvalue weighted by Crippen LogP contribution is -2.32. The van der Waals surface area contributed by atoms with Gasteiger partial charge in [-0.1, -0.05) is 29.5 Å². The zero-order chi connectivity index (χ0) is 22.1. The molecule has 1 fully saturated rings. The molecule has 32 heavy (non-hydrogen) atoms. The number of thiazole rings is 1. The van der Waals surface area contributed by atoms with E-state index in [0.29, 0.717) is 0 Å². The molecule has 0 aliphatic carbocycles. The van der Waals surface area contributed by atoms with Crippen LogP contribution in [0.25, 0.3) is 15.3 Å². The van der Waals surface area contributed by atoms with Crippen molar-refractivity contribution in [1.82, 2.24) is 29.7 Å². The fourth-order valence-electron chi connectivity index (χ4n) is 4.30. The zero-order valence-electron chi connectivity index (χ0n) is 18.2. The van der Waals surface area contributed by atoms with Crippen molar-refractivity contribution >= 4 is 38.9 Å². The Labute approximate surface area is 197 Å².